The molecule has 0 bridgehead atoms. The first-order valence-corrected chi connectivity index (χ1v) is 10.4. The van der Waals surface area contributed by atoms with Crippen LogP contribution in [-0.4, -0.2) is 18.4 Å². The van der Waals surface area contributed by atoms with E-state index in [-0.39, 0.29) is 18.1 Å². The van der Waals surface area contributed by atoms with E-state index in [4.69, 9.17) is 9.47 Å². The second-order valence-corrected chi connectivity index (χ2v) is 7.43. The van der Waals surface area contributed by atoms with E-state index in [1.807, 2.05) is 30.3 Å². The molecule has 0 saturated carbocycles. The molecule has 0 fully saturated rings. The highest BCUT2D eigenvalue weighted by Gasteiger charge is 2.49. The number of fused-ring (bicyclic) bond motifs is 1. The van der Waals surface area contributed by atoms with Gasteiger partial charge in [-0.05, 0) is 53.9 Å². The number of halogens is 3. The average Bonchev–Trinajstić information content (AvgIpc) is 2.80. The van der Waals surface area contributed by atoms with Crippen LogP contribution in [0.15, 0.2) is 72.8 Å². The van der Waals surface area contributed by atoms with Gasteiger partial charge in [-0.15, -0.1) is 0 Å². The number of carbonyl (C=O) groups is 1. The molecule has 0 spiro atoms. The minimum Gasteiger partial charge on any atom is -0.460 e. The van der Waals surface area contributed by atoms with Crippen molar-refractivity contribution in [1.29, 1.82) is 0 Å². The van der Waals surface area contributed by atoms with Crippen molar-refractivity contribution in [3.8, 4) is 23.0 Å². The summed E-state index contributed by atoms with van der Waals surface area (Å²) >= 11 is 0. The molecule has 0 amide bonds. The van der Waals surface area contributed by atoms with Gasteiger partial charge in [0.15, 0.2) is 11.5 Å². The molecule has 172 valence electrons. The number of benzene rings is 3. The maximum absolute atomic E-state index is 13.5. The van der Waals surface area contributed by atoms with Gasteiger partial charge in [-0.3, -0.25) is 4.79 Å². The number of ether oxygens (including phenoxy) is 4. The molecule has 0 aliphatic carbocycles. The highest BCUT2D eigenvalue weighted by molar-refractivity contribution is 5.78. The maximum atomic E-state index is 13.5. The number of hydrogen-bond donors (Lipinski definition) is 0. The van der Waals surface area contributed by atoms with Gasteiger partial charge < -0.3 is 18.9 Å². The molecule has 5 nitrogen and oxygen atoms in total. The van der Waals surface area contributed by atoms with E-state index in [9.17, 15) is 18.0 Å². The molecule has 0 N–H and O–H groups in total. The standard InChI is InChI=1S/C25H21F3O5/c1-2-20(17-11-12-21-22(14-17)33-25(27,28)24(26)32-21)23(29)30-15-16-7-6-10-19(13-16)31-18-8-4-3-5-9-18/h3-14,20,24H,2,15H2,1H3. The van der Waals surface area contributed by atoms with Gasteiger partial charge in [0.05, 0.1) is 5.92 Å². The Morgan fingerprint density at radius 2 is 1.76 bits per heavy atom. The first-order chi connectivity index (χ1) is 15.9. The number of para-hydroxylation sites is 1. The highest BCUT2D eigenvalue weighted by atomic mass is 19.3. The van der Waals surface area contributed by atoms with Crippen molar-refractivity contribution >= 4 is 5.97 Å². The molecule has 0 saturated heterocycles. The molecule has 0 aromatic heterocycles. The molecule has 3 aromatic carbocycles. The lowest BCUT2D eigenvalue weighted by atomic mass is 9.96. The van der Waals surface area contributed by atoms with Crippen LogP contribution >= 0.6 is 0 Å². The summed E-state index contributed by atoms with van der Waals surface area (Å²) in [5, 5.41) is 0. The van der Waals surface area contributed by atoms with E-state index in [1.165, 1.54) is 18.2 Å². The second kappa shape index (κ2) is 9.44. The van der Waals surface area contributed by atoms with E-state index < -0.39 is 24.4 Å². The second-order valence-electron chi connectivity index (χ2n) is 7.43. The number of esters is 1. The maximum Gasteiger partial charge on any atom is 0.468 e. The van der Waals surface area contributed by atoms with Crippen LogP contribution in [0.5, 0.6) is 23.0 Å². The summed E-state index contributed by atoms with van der Waals surface area (Å²) < 4.78 is 60.6. The zero-order valence-corrected chi connectivity index (χ0v) is 17.7. The van der Waals surface area contributed by atoms with Gasteiger partial charge in [-0.1, -0.05) is 43.3 Å². The van der Waals surface area contributed by atoms with Crippen molar-refractivity contribution in [3.63, 3.8) is 0 Å². The van der Waals surface area contributed by atoms with Gasteiger partial charge in [0.25, 0.3) is 0 Å². The zero-order valence-electron chi connectivity index (χ0n) is 17.7. The number of rotatable bonds is 7. The Morgan fingerprint density at radius 1 is 1.00 bits per heavy atom. The molecule has 8 heteroatoms. The Balaban J connectivity index is 1.42. The van der Waals surface area contributed by atoms with Gasteiger partial charge in [-0.2, -0.15) is 13.2 Å². The van der Waals surface area contributed by atoms with Crippen LogP contribution in [0.1, 0.15) is 30.4 Å². The Morgan fingerprint density at radius 3 is 2.52 bits per heavy atom. The van der Waals surface area contributed by atoms with Gasteiger partial charge in [0.2, 0.25) is 0 Å². The summed E-state index contributed by atoms with van der Waals surface area (Å²) in [4.78, 5) is 12.7. The quantitative estimate of drug-likeness (QED) is 0.385. The predicted molar refractivity (Wildman–Crippen MR) is 113 cm³/mol. The van der Waals surface area contributed by atoms with Crippen molar-refractivity contribution in [2.75, 3.05) is 0 Å². The van der Waals surface area contributed by atoms with Crippen LogP contribution < -0.4 is 14.2 Å². The van der Waals surface area contributed by atoms with Crippen LogP contribution in [0.25, 0.3) is 0 Å². The van der Waals surface area contributed by atoms with Crippen molar-refractivity contribution in [3.05, 3.63) is 83.9 Å². The fraction of sp³-hybridized carbons (Fsp3) is 0.240. The van der Waals surface area contributed by atoms with Gasteiger partial charge >= 0.3 is 18.4 Å². The minimum absolute atomic E-state index is 0.00742. The van der Waals surface area contributed by atoms with Crippen molar-refractivity contribution in [2.24, 2.45) is 0 Å². The third-order valence-electron chi connectivity index (χ3n) is 5.06. The number of alkyl halides is 3. The topological polar surface area (TPSA) is 54.0 Å². The molecule has 1 aliphatic rings. The summed E-state index contributed by atoms with van der Waals surface area (Å²) in [6.07, 6.45) is -6.65. The molecule has 0 radical (unpaired) electrons. The summed E-state index contributed by atoms with van der Waals surface area (Å²) in [6, 6.07) is 20.5. The normalized spacial score (nSPS) is 17.2. The van der Waals surface area contributed by atoms with Crippen LogP contribution in [0, 0.1) is 0 Å². The Labute approximate surface area is 188 Å². The molecule has 3 aromatic rings. The third kappa shape index (κ3) is 5.22. The smallest absolute Gasteiger partial charge is 0.460 e. The summed E-state index contributed by atoms with van der Waals surface area (Å²) in [5.41, 5.74) is 1.13. The van der Waals surface area contributed by atoms with Crippen molar-refractivity contribution in [2.45, 2.75) is 38.3 Å². The van der Waals surface area contributed by atoms with Crippen molar-refractivity contribution in [1.82, 2.24) is 0 Å². The first kappa shape index (κ1) is 22.5. The molecule has 2 atom stereocenters. The van der Waals surface area contributed by atoms with E-state index >= 15 is 0 Å². The molecular weight excluding hydrogens is 437 g/mol. The lowest BCUT2D eigenvalue weighted by molar-refractivity contribution is -0.281. The Bertz CT molecular complexity index is 1120. The van der Waals surface area contributed by atoms with Gasteiger partial charge in [0, 0.05) is 0 Å². The first-order valence-electron chi connectivity index (χ1n) is 10.4. The fourth-order valence-electron chi connectivity index (χ4n) is 3.41. The Hall–Kier alpha value is -3.68. The van der Waals surface area contributed by atoms with E-state index in [2.05, 4.69) is 9.47 Å². The Kier molecular flexibility index (Phi) is 6.44. The average molecular weight is 458 g/mol. The lowest BCUT2D eigenvalue weighted by Gasteiger charge is -2.29. The lowest BCUT2D eigenvalue weighted by Crippen LogP contribution is -2.43. The van der Waals surface area contributed by atoms with Crippen LogP contribution in [-0.2, 0) is 16.1 Å². The van der Waals surface area contributed by atoms with E-state index in [0.29, 0.717) is 23.5 Å². The minimum atomic E-state index is -4.11. The van der Waals surface area contributed by atoms with Crippen LogP contribution in [0.3, 0.4) is 0 Å². The van der Waals surface area contributed by atoms with Crippen LogP contribution in [0.2, 0.25) is 0 Å². The SMILES string of the molecule is CCC(C(=O)OCc1cccc(Oc2ccccc2)c1)c1ccc2c(c1)OC(F)(F)C(F)O2. The highest BCUT2D eigenvalue weighted by Crippen LogP contribution is 2.42. The van der Waals surface area contributed by atoms with Crippen LogP contribution in [0.4, 0.5) is 13.2 Å². The molecule has 1 heterocycles. The number of carbonyl (C=O) groups excluding carboxylic acids is 1. The molecule has 1 aliphatic heterocycles. The fourth-order valence-corrected chi connectivity index (χ4v) is 3.41. The molecule has 33 heavy (non-hydrogen) atoms. The predicted octanol–water partition coefficient (Wildman–Crippen LogP) is 6.38. The summed E-state index contributed by atoms with van der Waals surface area (Å²) in [5.74, 6) is -0.459. The molecular formula is C25H21F3O5. The zero-order chi connectivity index (χ0) is 23.4. The number of hydrogen-bond acceptors (Lipinski definition) is 5. The third-order valence-corrected chi connectivity index (χ3v) is 5.06. The molecule has 2 unspecified atom stereocenters. The largest absolute Gasteiger partial charge is 0.468 e. The van der Waals surface area contributed by atoms with E-state index in [1.54, 1.807) is 31.2 Å². The summed E-state index contributed by atoms with van der Waals surface area (Å²) in [6.45, 7) is 1.77. The van der Waals surface area contributed by atoms with Gasteiger partial charge in [-0.25, -0.2) is 0 Å². The monoisotopic (exact) mass is 458 g/mol. The summed E-state index contributed by atoms with van der Waals surface area (Å²) in [7, 11) is 0. The van der Waals surface area contributed by atoms with Crippen molar-refractivity contribution < 1.29 is 36.9 Å². The van der Waals surface area contributed by atoms with E-state index in [0.717, 1.165) is 5.56 Å². The molecule has 4 rings (SSSR count). The van der Waals surface area contributed by atoms with Gasteiger partial charge in [0.1, 0.15) is 18.1 Å².